The highest BCUT2D eigenvalue weighted by Crippen LogP contribution is 2.08. The van der Waals surface area contributed by atoms with Crippen molar-refractivity contribution in [2.75, 3.05) is 0 Å². The lowest BCUT2D eigenvalue weighted by molar-refractivity contribution is -0.121. The summed E-state index contributed by atoms with van der Waals surface area (Å²) in [6, 6.07) is 0. The molecule has 1 N–H and O–H groups in total. The molecule has 1 atom stereocenters. The van der Waals surface area contributed by atoms with Gasteiger partial charge in [0.05, 0.1) is 11.8 Å². The Morgan fingerprint density at radius 1 is 1.60 bits per heavy atom. The van der Waals surface area contributed by atoms with E-state index in [9.17, 15) is 4.79 Å². The number of aromatic nitrogens is 2. The Labute approximate surface area is 94.0 Å². The van der Waals surface area contributed by atoms with Crippen LogP contribution in [0.1, 0.15) is 25.6 Å². The van der Waals surface area contributed by atoms with Gasteiger partial charge in [-0.1, -0.05) is 19.0 Å². The summed E-state index contributed by atoms with van der Waals surface area (Å²) in [5.41, 5.74) is 0. The van der Waals surface area contributed by atoms with Crippen molar-refractivity contribution < 1.29 is 9.32 Å². The molecule has 1 heterocycles. The molecule has 0 aliphatic carbocycles. The van der Waals surface area contributed by atoms with Gasteiger partial charge in [-0.25, -0.2) is 0 Å². The predicted octanol–water partition coefficient (Wildman–Crippen LogP) is 0.949. The van der Waals surface area contributed by atoms with Gasteiger partial charge in [0.1, 0.15) is 0 Å². The lowest BCUT2D eigenvalue weighted by atomic mass is 10.1. The number of nitrogens with one attached hydrogen (secondary N) is 1. The highest BCUT2D eigenvalue weighted by atomic mass is 32.1. The fourth-order valence-corrected chi connectivity index (χ4v) is 1.08. The molecule has 15 heavy (non-hydrogen) atoms. The second-order valence-electron chi connectivity index (χ2n) is 3.64. The topological polar surface area (TPSA) is 68.0 Å². The maximum absolute atomic E-state index is 11.5. The third-order valence-corrected chi connectivity index (χ3v) is 2.72. The molecule has 1 rings (SSSR count). The number of thiol groups is 1. The summed E-state index contributed by atoms with van der Waals surface area (Å²) in [6.07, 6.45) is 0. The molecular weight excluding hydrogens is 214 g/mol. The molecule has 0 aromatic carbocycles. The van der Waals surface area contributed by atoms with Gasteiger partial charge in [0, 0.05) is 6.92 Å². The molecule has 84 valence electrons. The van der Waals surface area contributed by atoms with E-state index in [2.05, 4.69) is 28.1 Å². The summed E-state index contributed by atoms with van der Waals surface area (Å²) < 4.78 is 4.77. The molecule has 5 nitrogen and oxygen atoms in total. The van der Waals surface area contributed by atoms with Gasteiger partial charge in [-0.3, -0.25) is 4.79 Å². The van der Waals surface area contributed by atoms with Crippen molar-refractivity contribution in [1.29, 1.82) is 0 Å². The van der Waals surface area contributed by atoms with Crippen LogP contribution in [0.5, 0.6) is 0 Å². The Bertz CT molecular complexity index is 338. The Balaban J connectivity index is 2.40. The first-order chi connectivity index (χ1) is 7.00. The Morgan fingerprint density at radius 3 is 2.73 bits per heavy atom. The van der Waals surface area contributed by atoms with E-state index >= 15 is 0 Å². The normalized spacial score (nSPS) is 12.9. The predicted molar refractivity (Wildman–Crippen MR) is 58.5 cm³/mol. The molecule has 0 spiro atoms. The fraction of sp³-hybridized carbons (Fsp3) is 0.667. The van der Waals surface area contributed by atoms with Crippen LogP contribution in [0, 0.1) is 12.8 Å². The number of nitrogens with zero attached hydrogens (tertiary/aromatic N) is 2. The monoisotopic (exact) mass is 229 g/mol. The molecule has 0 saturated carbocycles. The van der Waals surface area contributed by atoms with Crippen molar-refractivity contribution in [2.45, 2.75) is 32.6 Å². The van der Waals surface area contributed by atoms with E-state index in [1.165, 1.54) is 0 Å². The molecule has 0 saturated heterocycles. The standard InChI is InChI=1S/C9H15N3O2S/c1-5(2)8(15)9(13)10-4-7-11-6(3)14-12-7/h5,8,15H,4H2,1-3H3,(H,10,13). The van der Waals surface area contributed by atoms with Gasteiger partial charge >= 0.3 is 0 Å². The number of carbonyl (C=O) groups is 1. The van der Waals surface area contributed by atoms with Gasteiger partial charge in [0.25, 0.3) is 0 Å². The van der Waals surface area contributed by atoms with Crippen LogP contribution in [0.3, 0.4) is 0 Å². The zero-order valence-electron chi connectivity index (χ0n) is 9.02. The Hall–Kier alpha value is -1.04. The summed E-state index contributed by atoms with van der Waals surface area (Å²) in [6.45, 7) is 5.86. The average molecular weight is 229 g/mol. The lowest BCUT2D eigenvalue weighted by Gasteiger charge is -2.13. The minimum atomic E-state index is -0.307. The third-order valence-electron chi connectivity index (χ3n) is 1.89. The second kappa shape index (κ2) is 5.16. The average Bonchev–Trinajstić information content (AvgIpc) is 2.59. The van der Waals surface area contributed by atoms with Gasteiger partial charge in [-0.2, -0.15) is 17.6 Å². The van der Waals surface area contributed by atoms with Crippen LogP contribution in [0.15, 0.2) is 4.52 Å². The highest BCUT2D eigenvalue weighted by Gasteiger charge is 2.17. The molecule has 0 aliphatic rings. The minimum Gasteiger partial charge on any atom is -0.348 e. The minimum absolute atomic E-state index is 0.115. The summed E-state index contributed by atoms with van der Waals surface area (Å²) in [7, 11) is 0. The van der Waals surface area contributed by atoms with Crippen molar-refractivity contribution in [1.82, 2.24) is 15.5 Å². The summed E-state index contributed by atoms with van der Waals surface area (Å²) in [5, 5.41) is 6.05. The van der Waals surface area contributed by atoms with E-state index in [1.807, 2.05) is 13.8 Å². The highest BCUT2D eigenvalue weighted by molar-refractivity contribution is 7.81. The van der Waals surface area contributed by atoms with Crippen LogP contribution in [-0.4, -0.2) is 21.3 Å². The molecule has 0 bridgehead atoms. The molecule has 0 radical (unpaired) electrons. The van der Waals surface area contributed by atoms with Crippen LogP contribution in [0.25, 0.3) is 0 Å². The molecule has 1 unspecified atom stereocenters. The number of hydrogen-bond donors (Lipinski definition) is 2. The third kappa shape index (κ3) is 3.54. The van der Waals surface area contributed by atoms with Crippen LogP contribution in [-0.2, 0) is 11.3 Å². The lowest BCUT2D eigenvalue weighted by Crippen LogP contribution is -2.34. The molecule has 1 aromatic heterocycles. The van der Waals surface area contributed by atoms with E-state index in [1.54, 1.807) is 6.92 Å². The maximum atomic E-state index is 11.5. The maximum Gasteiger partial charge on any atom is 0.233 e. The van der Waals surface area contributed by atoms with E-state index in [0.29, 0.717) is 11.7 Å². The number of hydrogen-bond acceptors (Lipinski definition) is 5. The molecule has 1 amide bonds. The number of aryl methyl sites for hydroxylation is 1. The summed E-state index contributed by atoms with van der Waals surface area (Å²) in [4.78, 5) is 15.5. The zero-order valence-corrected chi connectivity index (χ0v) is 9.91. The van der Waals surface area contributed by atoms with E-state index in [-0.39, 0.29) is 23.6 Å². The van der Waals surface area contributed by atoms with Gasteiger partial charge in [0.2, 0.25) is 11.8 Å². The largest absolute Gasteiger partial charge is 0.348 e. The van der Waals surface area contributed by atoms with Crippen molar-refractivity contribution in [3.05, 3.63) is 11.7 Å². The fourth-order valence-electron chi connectivity index (χ4n) is 0.987. The molecule has 1 aromatic rings. The summed E-state index contributed by atoms with van der Waals surface area (Å²) >= 11 is 4.20. The molecule has 0 fully saturated rings. The van der Waals surface area contributed by atoms with Gasteiger partial charge < -0.3 is 9.84 Å². The van der Waals surface area contributed by atoms with E-state index in [4.69, 9.17) is 4.52 Å². The van der Waals surface area contributed by atoms with Crippen LogP contribution in [0.2, 0.25) is 0 Å². The first kappa shape index (κ1) is 12.0. The molecular formula is C9H15N3O2S. The van der Waals surface area contributed by atoms with Crippen molar-refractivity contribution in [2.24, 2.45) is 5.92 Å². The first-order valence-corrected chi connectivity index (χ1v) is 5.27. The molecule has 0 aliphatic heterocycles. The van der Waals surface area contributed by atoms with Crippen LogP contribution in [0.4, 0.5) is 0 Å². The van der Waals surface area contributed by atoms with Gasteiger partial charge in [-0.15, -0.1) is 0 Å². The number of carbonyl (C=O) groups excluding carboxylic acids is 1. The van der Waals surface area contributed by atoms with Crippen molar-refractivity contribution in [3.63, 3.8) is 0 Å². The molecule has 6 heteroatoms. The van der Waals surface area contributed by atoms with Crippen molar-refractivity contribution >= 4 is 18.5 Å². The van der Waals surface area contributed by atoms with Gasteiger partial charge in [-0.05, 0) is 5.92 Å². The van der Waals surface area contributed by atoms with E-state index in [0.717, 1.165) is 0 Å². The Morgan fingerprint density at radius 2 is 2.27 bits per heavy atom. The van der Waals surface area contributed by atoms with Gasteiger partial charge in [0.15, 0.2) is 5.82 Å². The van der Waals surface area contributed by atoms with Crippen LogP contribution < -0.4 is 5.32 Å². The second-order valence-corrected chi connectivity index (χ2v) is 4.19. The van der Waals surface area contributed by atoms with Crippen molar-refractivity contribution in [3.8, 4) is 0 Å². The van der Waals surface area contributed by atoms with E-state index < -0.39 is 0 Å². The first-order valence-electron chi connectivity index (χ1n) is 4.75. The SMILES string of the molecule is Cc1nc(CNC(=O)C(S)C(C)C)no1. The quantitative estimate of drug-likeness (QED) is 0.754. The Kier molecular flexibility index (Phi) is 4.14. The summed E-state index contributed by atoms with van der Waals surface area (Å²) in [5.74, 6) is 1.05. The number of rotatable bonds is 4. The van der Waals surface area contributed by atoms with Crippen LogP contribution >= 0.6 is 12.6 Å². The smallest absolute Gasteiger partial charge is 0.233 e. The zero-order chi connectivity index (χ0) is 11.4. The number of amides is 1.